The fourth-order valence-electron chi connectivity index (χ4n) is 4.77. The third-order valence-electron chi connectivity index (χ3n) is 6.83. The van der Waals surface area contributed by atoms with Crippen LogP contribution in [0.1, 0.15) is 31.7 Å². The van der Waals surface area contributed by atoms with Crippen molar-refractivity contribution in [1.29, 1.82) is 0 Å². The summed E-state index contributed by atoms with van der Waals surface area (Å²) in [6, 6.07) is 8.20. The van der Waals surface area contributed by atoms with E-state index in [1.165, 1.54) is 0 Å². The van der Waals surface area contributed by atoms with E-state index in [4.69, 9.17) is 14.6 Å². The Morgan fingerprint density at radius 3 is 2.83 bits per heavy atom. The first-order chi connectivity index (χ1) is 17.1. The predicted octanol–water partition coefficient (Wildman–Crippen LogP) is 4.21. The number of anilines is 1. The van der Waals surface area contributed by atoms with E-state index in [0.717, 1.165) is 71.3 Å². The van der Waals surface area contributed by atoms with Crippen molar-refractivity contribution in [3.63, 3.8) is 0 Å². The average Bonchev–Trinajstić information content (AvgIpc) is 3.54. The molecular weight excluding hydrogens is 444 g/mol. The number of fused-ring (bicyclic) bond motifs is 1. The summed E-state index contributed by atoms with van der Waals surface area (Å²) < 4.78 is 15.4. The molecule has 0 unspecified atom stereocenters. The molecule has 1 aliphatic carbocycles. The minimum atomic E-state index is 0.0299. The first-order valence-electron chi connectivity index (χ1n) is 12.1. The Labute approximate surface area is 203 Å². The monoisotopic (exact) mass is 472 g/mol. The molecule has 9 heteroatoms. The number of nitrogens with one attached hydrogen (secondary N) is 1. The van der Waals surface area contributed by atoms with Gasteiger partial charge in [-0.05, 0) is 37.8 Å². The fourth-order valence-corrected chi connectivity index (χ4v) is 4.77. The number of aromatic nitrogens is 5. The summed E-state index contributed by atoms with van der Waals surface area (Å²) in [5.74, 6) is 1.41. The molecule has 1 N–H and O–H groups in total. The van der Waals surface area contributed by atoms with Gasteiger partial charge in [-0.2, -0.15) is 10.2 Å². The number of hydrogen-bond acceptors (Lipinski definition) is 6. The van der Waals surface area contributed by atoms with Crippen LogP contribution in [0.15, 0.2) is 42.9 Å². The Morgan fingerprint density at radius 2 is 2.06 bits per heavy atom. The number of hydrogen-bond donors (Lipinski definition) is 1. The molecular formula is C26H28N6O3. The van der Waals surface area contributed by atoms with E-state index in [2.05, 4.69) is 21.6 Å². The molecule has 4 heterocycles. The Morgan fingerprint density at radius 1 is 1.20 bits per heavy atom. The highest BCUT2D eigenvalue weighted by Gasteiger charge is 2.30. The molecule has 0 bridgehead atoms. The van der Waals surface area contributed by atoms with Crippen LogP contribution in [0.25, 0.3) is 33.3 Å². The molecule has 6 rings (SSSR count). The third kappa shape index (κ3) is 4.05. The zero-order valence-corrected chi connectivity index (χ0v) is 19.9. The maximum absolute atomic E-state index is 12.3. The largest absolute Gasteiger partial charge is 0.495 e. The molecule has 0 radical (unpaired) electrons. The van der Waals surface area contributed by atoms with Crippen molar-refractivity contribution < 1.29 is 14.3 Å². The highest BCUT2D eigenvalue weighted by Crippen LogP contribution is 2.41. The van der Waals surface area contributed by atoms with Gasteiger partial charge in [-0.15, -0.1) is 0 Å². The lowest BCUT2D eigenvalue weighted by Crippen LogP contribution is -2.21. The molecule has 3 aromatic heterocycles. The quantitative estimate of drug-likeness (QED) is 0.452. The summed E-state index contributed by atoms with van der Waals surface area (Å²) in [5.41, 5.74) is 4.45. The molecule has 180 valence electrons. The average molecular weight is 473 g/mol. The van der Waals surface area contributed by atoms with Gasteiger partial charge < -0.3 is 14.8 Å². The Kier molecular flexibility index (Phi) is 5.49. The van der Waals surface area contributed by atoms with Gasteiger partial charge in [-0.1, -0.05) is 12.1 Å². The predicted molar refractivity (Wildman–Crippen MR) is 132 cm³/mol. The molecule has 2 aliphatic rings. The second-order valence-electron chi connectivity index (χ2n) is 9.29. The van der Waals surface area contributed by atoms with E-state index in [1.807, 2.05) is 42.2 Å². The highest BCUT2D eigenvalue weighted by atomic mass is 16.5. The van der Waals surface area contributed by atoms with Crippen LogP contribution in [0.3, 0.4) is 0 Å². The second kappa shape index (κ2) is 8.81. The SMILES string of the molecule is COc1c(-c2cnn([C@H]3CCCOC3)c2)cccc1-c1nn(C)c2cnc(NC(=O)C3CC3)cc12. The lowest BCUT2D eigenvalue weighted by atomic mass is 10.0. The second-order valence-corrected chi connectivity index (χ2v) is 9.29. The van der Waals surface area contributed by atoms with Crippen LogP contribution in [-0.4, -0.2) is 50.8 Å². The molecule has 0 spiro atoms. The zero-order valence-electron chi connectivity index (χ0n) is 19.9. The molecule has 1 saturated heterocycles. The molecule has 35 heavy (non-hydrogen) atoms. The van der Waals surface area contributed by atoms with Gasteiger partial charge in [0.1, 0.15) is 17.3 Å². The van der Waals surface area contributed by atoms with E-state index in [-0.39, 0.29) is 17.9 Å². The Bertz CT molecular complexity index is 1400. The Hall–Kier alpha value is -3.72. The van der Waals surface area contributed by atoms with Gasteiger partial charge in [0.05, 0.1) is 37.7 Å². The molecule has 4 aromatic rings. The molecule has 2 fully saturated rings. The maximum atomic E-state index is 12.3. The number of carbonyl (C=O) groups excluding carboxylic acids is 1. The summed E-state index contributed by atoms with van der Waals surface area (Å²) in [7, 11) is 3.57. The van der Waals surface area contributed by atoms with Crippen LogP contribution in [0, 0.1) is 5.92 Å². The lowest BCUT2D eigenvalue weighted by Gasteiger charge is -2.22. The summed E-state index contributed by atoms with van der Waals surface area (Å²) in [6.45, 7) is 1.51. The van der Waals surface area contributed by atoms with E-state index >= 15 is 0 Å². The van der Waals surface area contributed by atoms with E-state index < -0.39 is 0 Å². The van der Waals surface area contributed by atoms with Crippen molar-refractivity contribution in [2.45, 2.75) is 31.7 Å². The van der Waals surface area contributed by atoms with Gasteiger partial charge in [-0.25, -0.2) is 4.98 Å². The fraction of sp³-hybridized carbons (Fsp3) is 0.385. The normalized spacial score (nSPS) is 18.1. The molecule has 1 amide bonds. The summed E-state index contributed by atoms with van der Waals surface area (Å²) in [5, 5.41) is 13.3. The van der Waals surface area contributed by atoms with Crippen LogP contribution in [-0.2, 0) is 16.6 Å². The minimum Gasteiger partial charge on any atom is -0.495 e. The lowest BCUT2D eigenvalue weighted by molar-refractivity contribution is -0.117. The van der Waals surface area contributed by atoms with Crippen LogP contribution >= 0.6 is 0 Å². The number of rotatable bonds is 6. The topological polar surface area (TPSA) is 96.1 Å². The van der Waals surface area contributed by atoms with Gasteiger partial charge in [0.2, 0.25) is 5.91 Å². The van der Waals surface area contributed by atoms with Crippen molar-refractivity contribution >= 4 is 22.6 Å². The number of methoxy groups -OCH3 is 1. The van der Waals surface area contributed by atoms with Crippen molar-refractivity contribution in [2.24, 2.45) is 13.0 Å². The van der Waals surface area contributed by atoms with Crippen LogP contribution < -0.4 is 10.1 Å². The molecule has 9 nitrogen and oxygen atoms in total. The van der Waals surface area contributed by atoms with Crippen LogP contribution in [0.5, 0.6) is 5.75 Å². The number of aryl methyl sites for hydroxylation is 1. The minimum absolute atomic E-state index is 0.0299. The number of pyridine rings is 1. The first-order valence-corrected chi connectivity index (χ1v) is 12.1. The van der Waals surface area contributed by atoms with Gasteiger partial charge >= 0.3 is 0 Å². The Balaban J connectivity index is 1.40. The van der Waals surface area contributed by atoms with Crippen LogP contribution in [0.2, 0.25) is 0 Å². The number of amides is 1. The highest BCUT2D eigenvalue weighted by molar-refractivity contribution is 6.00. The number of nitrogens with zero attached hydrogens (tertiary/aromatic N) is 5. The first kappa shape index (κ1) is 21.8. The molecule has 1 saturated carbocycles. The van der Waals surface area contributed by atoms with Crippen molar-refractivity contribution in [3.05, 3.63) is 42.9 Å². The summed E-state index contributed by atoms with van der Waals surface area (Å²) in [6.07, 6.45) is 9.69. The number of para-hydroxylation sites is 1. The van der Waals surface area contributed by atoms with Crippen molar-refractivity contribution in [1.82, 2.24) is 24.5 Å². The maximum Gasteiger partial charge on any atom is 0.228 e. The number of ether oxygens (including phenoxy) is 2. The van der Waals surface area contributed by atoms with E-state index in [9.17, 15) is 4.79 Å². The molecule has 1 aromatic carbocycles. The van der Waals surface area contributed by atoms with Crippen molar-refractivity contribution in [2.75, 3.05) is 25.6 Å². The van der Waals surface area contributed by atoms with Gasteiger partial charge in [0.25, 0.3) is 0 Å². The number of benzene rings is 1. The smallest absolute Gasteiger partial charge is 0.228 e. The van der Waals surface area contributed by atoms with Crippen LogP contribution in [0.4, 0.5) is 5.82 Å². The third-order valence-corrected chi connectivity index (χ3v) is 6.83. The van der Waals surface area contributed by atoms with Crippen molar-refractivity contribution in [3.8, 4) is 28.1 Å². The molecule has 1 aliphatic heterocycles. The standard InChI is InChI=1S/C26H28N6O3/c1-31-22-13-27-23(29-26(33)16-8-9-16)11-21(22)24(30-31)20-7-3-6-19(25(20)34-2)17-12-28-32(14-17)18-5-4-10-35-15-18/h3,6-7,11-14,16,18H,4-5,8-10,15H2,1-2H3,(H,27,29,33)/t18-/m0/s1. The zero-order chi connectivity index (χ0) is 23.9. The number of carbonyl (C=O) groups is 1. The summed E-state index contributed by atoms with van der Waals surface area (Å²) >= 11 is 0. The van der Waals surface area contributed by atoms with Gasteiger partial charge in [0, 0.05) is 47.8 Å². The van der Waals surface area contributed by atoms with E-state index in [0.29, 0.717) is 12.4 Å². The van der Waals surface area contributed by atoms with Gasteiger partial charge in [-0.3, -0.25) is 14.2 Å². The van der Waals surface area contributed by atoms with Gasteiger partial charge in [0.15, 0.2) is 0 Å². The molecule has 1 atom stereocenters. The summed E-state index contributed by atoms with van der Waals surface area (Å²) in [4.78, 5) is 16.7. The van der Waals surface area contributed by atoms with E-state index in [1.54, 1.807) is 18.0 Å².